The molecule has 112 valence electrons. The molecule has 0 fully saturated rings. The Labute approximate surface area is 119 Å². The molecule has 3 nitrogen and oxygen atoms in total. The molecule has 0 saturated carbocycles. The molecule has 1 aromatic carbocycles. The van der Waals surface area contributed by atoms with Crippen molar-refractivity contribution in [3.05, 3.63) is 53.4 Å². The summed E-state index contributed by atoms with van der Waals surface area (Å²) in [6.07, 6.45) is -1.53. The van der Waals surface area contributed by atoms with Crippen molar-refractivity contribution < 1.29 is 17.6 Å². The molecule has 1 N–H and O–H groups in total. The van der Waals surface area contributed by atoms with Gasteiger partial charge >= 0.3 is 6.18 Å². The Balaban J connectivity index is 2.29. The standard InChI is InChI=1S/C14H13F4N3/c1-8-13(20-6-5-19-8)9(2)21-12-7-10(14(16,17)18)3-4-11(12)15/h3-7,9,21H,1-2H3. The molecule has 0 aliphatic carbocycles. The average molecular weight is 299 g/mol. The first-order chi connectivity index (χ1) is 9.79. The number of alkyl halides is 3. The van der Waals surface area contributed by atoms with Crippen LogP contribution in [0.4, 0.5) is 23.2 Å². The van der Waals surface area contributed by atoms with Crippen molar-refractivity contribution in [1.29, 1.82) is 0 Å². The lowest BCUT2D eigenvalue weighted by molar-refractivity contribution is -0.137. The maximum atomic E-state index is 13.7. The number of aryl methyl sites for hydroxylation is 1. The van der Waals surface area contributed by atoms with Gasteiger partial charge in [0.1, 0.15) is 5.82 Å². The molecule has 1 heterocycles. The van der Waals surface area contributed by atoms with Crippen LogP contribution in [-0.4, -0.2) is 9.97 Å². The molecule has 21 heavy (non-hydrogen) atoms. The first-order valence-electron chi connectivity index (χ1n) is 6.20. The lowest BCUT2D eigenvalue weighted by atomic mass is 10.1. The van der Waals surface area contributed by atoms with Gasteiger partial charge in [0.25, 0.3) is 0 Å². The largest absolute Gasteiger partial charge is 0.416 e. The SMILES string of the molecule is Cc1nccnc1C(C)Nc1cc(C(F)(F)F)ccc1F. The van der Waals surface area contributed by atoms with E-state index in [1.165, 1.54) is 12.4 Å². The van der Waals surface area contributed by atoms with Crippen molar-refractivity contribution in [3.8, 4) is 0 Å². The molecular formula is C14H13F4N3. The highest BCUT2D eigenvalue weighted by molar-refractivity contribution is 5.49. The van der Waals surface area contributed by atoms with Crippen molar-refractivity contribution in [3.63, 3.8) is 0 Å². The highest BCUT2D eigenvalue weighted by Crippen LogP contribution is 2.32. The number of benzene rings is 1. The number of hydrogen-bond donors (Lipinski definition) is 1. The maximum absolute atomic E-state index is 13.7. The molecule has 0 saturated heterocycles. The topological polar surface area (TPSA) is 37.8 Å². The molecule has 0 radical (unpaired) electrons. The Morgan fingerprint density at radius 1 is 1.14 bits per heavy atom. The van der Waals surface area contributed by atoms with Gasteiger partial charge in [-0.1, -0.05) is 0 Å². The van der Waals surface area contributed by atoms with E-state index in [2.05, 4.69) is 15.3 Å². The minimum Gasteiger partial charge on any atom is -0.374 e. The van der Waals surface area contributed by atoms with Crippen LogP contribution in [0.1, 0.15) is 29.9 Å². The molecule has 2 aromatic rings. The summed E-state index contributed by atoms with van der Waals surface area (Å²) in [5.74, 6) is -0.753. The summed E-state index contributed by atoms with van der Waals surface area (Å²) in [4.78, 5) is 8.15. The second-order valence-electron chi connectivity index (χ2n) is 4.59. The Hall–Kier alpha value is -2.18. The minimum absolute atomic E-state index is 0.220. The first-order valence-corrected chi connectivity index (χ1v) is 6.20. The van der Waals surface area contributed by atoms with Gasteiger partial charge in [-0.15, -0.1) is 0 Å². The monoisotopic (exact) mass is 299 g/mol. The van der Waals surface area contributed by atoms with Gasteiger partial charge in [-0.2, -0.15) is 13.2 Å². The normalized spacial score (nSPS) is 13.0. The van der Waals surface area contributed by atoms with Crippen molar-refractivity contribution in [2.75, 3.05) is 5.32 Å². The fourth-order valence-corrected chi connectivity index (χ4v) is 1.96. The number of anilines is 1. The van der Waals surface area contributed by atoms with Crippen LogP contribution in [0, 0.1) is 12.7 Å². The Bertz CT molecular complexity index is 640. The van der Waals surface area contributed by atoms with Crippen LogP contribution >= 0.6 is 0 Å². The lowest BCUT2D eigenvalue weighted by Gasteiger charge is -2.17. The highest BCUT2D eigenvalue weighted by atomic mass is 19.4. The Morgan fingerprint density at radius 3 is 2.43 bits per heavy atom. The third kappa shape index (κ3) is 3.48. The van der Waals surface area contributed by atoms with E-state index in [1.54, 1.807) is 13.8 Å². The quantitative estimate of drug-likeness (QED) is 0.866. The van der Waals surface area contributed by atoms with Gasteiger partial charge in [-0.3, -0.25) is 9.97 Å². The van der Waals surface area contributed by atoms with E-state index in [4.69, 9.17) is 0 Å². The third-order valence-electron chi connectivity index (χ3n) is 3.00. The molecule has 0 amide bonds. The summed E-state index contributed by atoms with van der Waals surface area (Å²) < 4.78 is 51.6. The van der Waals surface area contributed by atoms with Crippen molar-refractivity contribution in [1.82, 2.24) is 9.97 Å². The van der Waals surface area contributed by atoms with Gasteiger partial charge in [0.2, 0.25) is 0 Å². The Kier molecular flexibility index (Phi) is 4.11. The van der Waals surface area contributed by atoms with E-state index in [0.717, 1.165) is 12.1 Å². The predicted octanol–water partition coefficient (Wildman–Crippen LogP) is 4.12. The summed E-state index contributed by atoms with van der Waals surface area (Å²) >= 11 is 0. The second kappa shape index (κ2) is 5.67. The molecule has 0 spiro atoms. The summed E-state index contributed by atoms with van der Waals surface area (Å²) in [7, 11) is 0. The molecule has 1 atom stereocenters. The molecule has 1 aromatic heterocycles. The molecule has 0 aliphatic rings. The fourth-order valence-electron chi connectivity index (χ4n) is 1.96. The fraction of sp³-hybridized carbons (Fsp3) is 0.286. The summed E-state index contributed by atoms with van der Waals surface area (Å²) in [5.41, 5.74) is 0.0519. The summed E-state index contributed by atoms with van der Waals surface area (Å²) in [6, 6.07) is 1.77. The van der Waals surface area contributed by atoms with E-state index in [0.29, 0.717) is 17.5 Å². The van der Waals surface area contributed by atoms with Gasteiger partial charge in [-0.05, 0) is 32.0 Å². The van der Waals surface area contributed by atoms with Gasteiger partial charge in [0, 0.05) is 12.4 Å². The summed E-state index contributed by atoms with van der Waals surface area (Å²) in [5, 5.41) is 2.70. The number of aromatic nitrogens is 2. The van der Waals surface area contributed by atoms with Crippen LogP contribution < -0.4 is 5.32 Å². The maximum Gasteiger partial charge on any atom is 0.416 e. The van der Waals surface area contributed by atoms with Crippen LogP contribution in [-0.2, 0) is 6.18 Å². The van der Waals surface area contributed by atoms with Crippen molar-refractivity contribution >= 4 is 5.69 Å². The van der Waals surface area contributed by atoms with Crippen molar-refractivity contribution in [2.45, 2.75) is 26.1 Å². The lowest BCUT2D eigenvalue weighted by Crippen LogP contribution is -2.13. The first kappa shape index (κ1) is 15.2. The van der Waals surface area contributed by atoms with E-state index in [1.807, 2.05) is 0 Å². The third-order valence-corrected chi connectivity index (χ3v) is 3.00. The number of nitrogens with one attached hydrogen (secondary N) is 1. The van der Waals surface area contributed by atoms with Crippen LogP contribution in [0.5, 0.6) is 0 Å². The predicted molar refractivity (Wildman–Crippen MR) is 70.2 cm³/mol. The van der Waals surface area contributed by atoms with E-state index < -0.39 is 23.6 Å². The molecule has 0 aliphatic heterocycles. The molecular weight excluding hydrogens is 286 g/mol. The molecule has 2 rings (SSSR count). The van der Waals surface area contributed by atoms with Crippen LogP contribution in [0.3, 0.4) is 0 Å². The molecule has 0 bridgehead atoms. The highest BCUT2D eigenvalue weighted by Gasteiger charge is 2.31. The zero-order chi connectivity index (χ0) is 15.6. The van der Waals surface area contributed by atoms with E-state index in [-0.39, 0.29) is 5.69 Å². The van der Waals surface area contributed by atoms with E-state index in [9.17, 15) is 17.6 Å². The van der Waals surface area contributed by atoms with Gasteiger partial charge < -0.3 is 5.32 Å². The number of rotatable bonds is 3. The van der Waals surface area contributed by atoms with Crippen molar-refractivity contribution in [2.24, 2.45) is 0 Å². The summed E-state index contributed by atoms with van der Waals surface area (Å²) in [6.45, 7) is 3.40. The van der Waals surface area contributed by atoms with E-state index >= 15 is 0 Å². The number of hydrogen-bond acceptors (Lipinski definition) is 3. The van der Waals surface area contributed by atoms with Gasteiger partial charge in [0.15, 0.2) is 0 Å². The van der Waals surface area contributed by atoms with Crippen LogP contribution in [0.15, 0.2) is 30.6 Å². The average Bonchev–Trinajstić information content (AvgIpc) is 2.40. The van der Waals surface area contributed by atoms with Crippen LogP contribution in [0.2, 0.25) is 0 Å². The molecule has 7 heteroatoms. The zero-order valence-corrected chi connectivity index (χ0v) is 11.4. The Morgan fingerprint density at radius 2 is 1.81 bits per heavy atom. The smallest absolute Gasteiger partial charge is 0.374 e. The van der Waals surface area contributed by atoms with Crippen LogP contribution in [0.25, 0.3) is 0 Å². The zero-order valence-electron chi connectivity index (χ0n) is 11.4. The van der Waals surface area contributed by atoms with Gasteiger partial charge in [0.05, 0.1) is 28.7 Å². The molecule has 1 unspecified atom stereocenters. The minimum atomic E-state index is -4.52. The number of nitrogens with zero attached hydrogens (tertiary/aromatic N) is 2. The number of halogens is 4. The second-order valence-corrected chi connectivity index (χ2v) is 4.59. The van der Waals surface area contributed by atoms with Gasteiger partial charge in [-0.25, -0.2) is 4.39 Å².